The number of rotatable bonds is 7. The van der Waals surface area contributed by atoms with Crippen LogP contribution >= 0.6 is 0 Å². The maximum atomic E-state index is 10.8. The summed E-state index contributed by atoms with van der Waals surface area (Å²) in [7, 11) is 0. The van der Waals surface area contributed by atoms with Crippen molar-refractivity contribution in [2.24, 2.45) is 5.92 Å². The molecule has 0 bridgehead atoms. The molecule has 2 atom stereocenters. The van der Waals surface area contributed by atoms with Crippen LogP contribution in [-0.2, 0) is 6.54 Å². The molecule has 2 aromatic carbocycles. The molecular weight excluding hydrogens is 520 g/mol. The number of hydrogen-bond donors (Lipinski definition) is 1. The summed E-state index contributed by atoms with van der Waals surface area (Å²) in [6.07, 6.45) is 6.11. The molecule has 0 spiro atoms. The number of nitrogens with zero attached hydrogens (tertiary/aromatic N) is 6. The van der Waals surface area contributed by atoms with Crippen molar-refractivity contribution in [2.45, 2.75) is 65.5 Å². The average Bonchev–Trinajstić information content (AvgIpc) is 3.57. The molecule has 2 unspecified atom stereocenters. The summed E-state index contributed by atoms with van der Waals surface area (Å²) in [5, 5.41) is 31.1. The summed E-state index contributed by atoms with van der Waals surface area (Å²) in [5.41, 5.74) is 10.1. The minimum atomic E-state index is -0.646. The van der Waals surface area contributed by atoms with Crippen LogP contribution in [0.5, 0.6) is 0 Å². The molecule has 1 aliphatic rings. The van der Waals surface area contributed by atoms with Crippen LogP contribution in [-0.4, -0.2) is 29.7 Å². The van der Waals surface area contributed by atoms with Crippen LogP contribution in [0.15, 0.2) is 72.9 Å². The zero-order chi connectivity index (χ0) is 29.4. The Labute approximate surface area is 246 Å². The van der Waals surface area contributed by atoms with Crippen molar-refractivity contribution in [1.82, 2.24) is 24.5 Å². The highest BCUT2D eigenvalue weighted by atomic mass is 16.3. The van der Waals surface area contributed by atoms with Gasteiger partial charge in [-0.1, -0.05) is 62.4 Å². The molecule has 6 rings (SSSR count). The lowest BCUT2D eigenvalue weighted by molar-refractivity contribution is 0.152. The molecule has 0 amide bonds. The third-order valence-corrected chi connectivity index (χ3v) is 8.35. The maximum Gasteiger partial charge on any atom is 0.0985 e. The first-order valence-corrected chi connectivity index (χ1v) is 14.7. The number of aryl methyl sites for hydroxylation is 1. The Morgan fingerprint density at radius 2 is 1.83 bits per heavy atom. The van der Waals surface area contributed by atoms with E-state index in [4.69, 9.17) is 15.2 Å². The first-order chi connectivity index (χ1) is 20.3. The van der Waals surface area contributed by atoms with Crippen molar-refractivity contribution >= 4 is 16.5 Å². The molecule has 3 heterocycles. The standard InChI is InChI=1S/C35H36N6O/c1-22(2)34-24(4)41(32-18-17-30(37-23(32)3)26-15-13-25(19-36)14-16-26)39-35(34)28-11-8-12-31-29(28)20-40(38-31)21-33(42)27-9-6-5-7-10-27/h5-12,15,17-18,20,22,25,33,42H,13-14,16,21H2,1-4H3. The lowest BCUT2D eigenvalue weighted by Gasteiger charge is -2.17. The van der Waals surface area contributed by atoms with Gasteiger partial charge in [0.05, 0.1) is 52.9 Å². The molecular formula is C35H36N6O. The normalized spacial score (nSPS) is 16.0. The highest BCUT2D eigenvalue weighted by molar-refractivity contribution is 5.94. The van der Waals surface area contributed by atoms with E-state index >= 15 is 0 Å². The lowest BCUT2D eigenvalue weighted by Crippen LogP contribution is -2.08. The Hall–Kier alpha value is -4.54. The summed E-state index contributed by atoms with van der Waals surface area (Å²) in [6, 6.07) is 22.4. The lowest BCUT2D eigenvalue weighted by atomic mass is 9.89. The third-order valence-electron chi connectivity index (χ3n) is 8.35. The van der Waals surface area contributed by atoms with Crippen LogP contribution in [0.25, 0.3) is 33.4 Å². The van der Waals surface area contributed by atoms with Crippen molar-refractivity contribution in [3.63, 3.8) is 0 Å². The monoisotopic (exact) mass is 556 g/mol. The van der Waals surface area contributed by atoms with Crippen molar-refractivity contribution < 1.29 is 5.11 Å². The first kappa shape index (κ1) is 27.6. The van der Waals surface area contributed by atoms with E-state index in [-0.39, 0.29) is 11.8 Å². The van der Waals surface area contributed by atoms with Crippen LogP contribution in [0, 0.1) is 31.1 Å². The number of aromatic nitrogens is 5. The smallest absolute Gasteiger partial charge is 0.0985 e. The quantitative estimate of drug-likeness (QED) is 0.225. The van der Waals surface area contributed by atoms with E-state index in [0.717, 1.165) is 69.8 Å². The van der Waals surface area contributed by atoms with Crippen molar-refractivity contribution in [3.05, 3.63) is 101 Å². The number of nitriles is 1. The predicted octanol–water partition coefficient (Wildman–Crippen LogP) is 7.46. The largest absolute Gasteiger partial charge is 0.386 e. The fourth-order valence-electron chi connectivity index (χ4n) is 6.13. The highest BCUT2D eigenvalue weighted by Crippen LogP contribution is 2.37. The van der Waals surface area contributed by atoms with Gasteiger partial charge in [0, 0.05) is 28.4 Å². The maximum absolute atomic E-state index is 10.8. The second kappa shape index (κ2) is 11.4. The summed E-state index contributed by atoms with van der Waals surface area (Å²) < 4.78 is 3.86. The Morgan fingerprint density at radius 3 is 2.52 bits per heavy atom. The Kier molecular flexibility index (Phi) is 7.49. The van der Waals surface area contributed by atoms with E-state index < -0.39 is 6.10 Å². The zero-order valence-corrected chi connectivity index (χ0v) is 24.6. The summed E-state index contributed by atoms with van der Waals surface area (Å²) >= 11 is 0. The fraction of sp³-hybridized carbons (Fsp3) is 0.314. The van der Waals surface area contributed by atoms with E-state index in [1.54, 1.807) is 0 Å². The van der Waals surface area contributed by atoms with Crippen LogP contribution in [0.1, 0.15) is 73.3 Å². The minimum absolute atomic E-state index is 0.110. The van der Waals surface area contributed by atoms with Crippen molar-refractivity contribution in [3.8, 4) is 23.0 Å². The van der Waals surface area contributed by atoms with E-state index in [1.165, 1.54) is 11.1 Å². The van der Waals surface area contributed by atoms with Gasteiger partial charge in [-0.3, -0.25) is 9.67 Å². The predicted molar refractivity (Wildman–Crippen MR) is 166 cm³/mol. The molecule has 0 aliphatic heterocycles. The van der Waals surface area contributed by atoms with Gasteiger partial charge in [0.1, 0.15) is 0 Å². The number of aliphatic hydroxyl groups excluding tert-OH is 1. The molecule has 0 saturated carbocycles. The van der Waals surface area contributed by atoms with E-state index in [9.17, 15) is 10.4 Å². The summed E-state index contributed by atoms with van der Waals surface area (Å²) in [4.78, 5) is 4.98. The Bertz CT molecular complexity index is 1820. The van der Waals surface area contributed by atoms with Gasteiger partial charge >= 0.3 is 0 Å². The van der Waals surface area contributed by atoms with Crippen LogP contribution < -0.4 is 0 Å². The summed E-state index contributed by atoms with van der Waals surface area (Å²) in [5.74, 6) is 0.367. The van der Waals surface area contributed by atoms with Gasteiger partial charge in [0.2, 0.25) is 0 Å². The van der Waals surface area contributed by atoms with Crippen molar-refractivity contribution in [2.75, 3.05) is 0 Å². The number of hydrogen-bond acceptors (Lipinski definition) is 5. The highest BCUT2D eigenvalue weighted by Gasteiger charge is 2.24. The fourth-order valence-corrected chi connectivity index (χ4v) is 6.13. The summed E-state index contributed by atoms with van der Waals surface area (Å²) in [6.45, 7) is 8.95. The molecule has 1 N–H and O–H groups in total. The van der Waals surface area contributed by atoms with Crippen molar-refractivity contribution in [1.29, 1.82) is 5.26 Å². The molecule has 0 saturated heterocycles. The molecule has 1 aliphatic carbocycles. The number of pyridine rings is 1. The Balaban J connectivity index is 1.37. The average molecular weight is 557 g/mol. The molecule has 7 nitrogen and oxygen atoms in total. The van der Waals surface area contributed by atoms with Gasteiger partial charge in [-0.2, -0.15) is 15.5 Å². The van der Waals surface area contributed by atoms with Gasteiger partial charge in [0.15, 0.2) is 0 Å². The van der Waals surface area contributed by atoms with E-state index in [0.29, 0.717) is 6.54 Å². The number of benzene rings is 2. The van der Waals surface area contributed by atoms with Crippen LogP contribution in [0.3, 0.4) is 0 Å². The number of aliphatic hydroxyl groups is 1. The van der Waals surface area contributed by atoms with Gasteiger partial charge in [-0.15, -0.1) is 0 Å². The van der Waals surface area contributed by atoms with Gasteiger partial charge < -0.3 is 5.11 Å². The van der Waals surface area contributed by atoms with Gasteiger partial charge in [0.25, 0.3) is 0 Å². The van der Waals surface area contributed by atoms with E-state index in [2.05, 4.69) is 51.1 Å². The number of fused-ring (bicyclic) bond motifs is 1. The first-order valence-electron chi connectivity index (χ1n) is 14.7. The van der Waals surface area contributed by atoms with Crippen LogP contribution in [0.4, 0.5) is 0 Å². The molecule has 42 heavy (non-hydrogen) atoms. The topological polar surface area (TPSA) is 92.5 Å². The molecule has 0 fully saturated rings. The second-order valence-corrected chi connectivity index (χ2v) is 11.6. The second-order valence-electron chi connectivity index (χ2n) is 11.6. The zero-order valence-electron chi connectivity index (χ0n) is 24.6. The molecule has 3 aromatic heterocycles. The molecule has 7 heteroatoms. The SMILES string of the molecule is Cc1nc(C2=CCC(C#N)CC2)ccc1-n1nc(-c2cccc3nn(CC(O)c4ccccc4)cc23)c(C(C)C)c1C. The molecule has 0 radical (unpaired) electrons. The van der Waals surface area contributed by atoms with E-state index in [1.807, 2.05) is 64.9 Å². The third kappa shape index (κ3) is 5.15. The minimum Gasteiger partial charge on any atom is -0.386 e. The number of allylic oxidation sites excluding steroid dienone is 2. The van der Waals surface area contributed by atoms with Gasteiger partial charge in [-0.25, -0.2) is 4.68 Å². The molecule has 5 aromatic rings. The Morgan fingerprint density at radius 1 is 1.02 bits per heavy atom. The van der Waals surface area contributed by atoms with Gasteiger partial charge in [-0.05, 0) is 68.4 Å². The molecule has 212 valence electrons. The van der Waals surface area contributed by atoms with Crippen LogP contribution in [0.2, 0.25) is 0 Å².